The number of carbonyl (C=O) groups excluding carboxylic acids is 1. The molecule has 0 saturated carbocycles. The highest BCUT2D eigenvalue weighted by atomic mass is 19.1. The Labute approximate surface area is 114 Å². The molecular weight excluding hydrogens is 243 g/mol. The number of piperazine rings is 1. The number of benzene rings is 1. The molecule has 0 radical (unpaired) electrons. The van der Waals surface area contributed by atoms with E-state index in [-0.39, 0.29) is 11.6 Å². The van der Waals surface area contributed by atoms with Crippen molar-refractivity contribution in [3.05, 3.63) is 29.1 Å². The first kappa shape index (κ1) is 14.0. The average Bonchev–Trinajstić information content (AvgIpc) is 2.41. The molecule has 2 rings (SSSR count). The van der Waals surface area contributed by atoms with Gasteiger partial charge >= 0.3 is 0 Å². The SMILES string of the molecule is CCN1CCN(c2cc(C)c(F)cc2C(C)=O)CC1. The fourth-order valence-electron chi connectivity index (χ4n) is 2.51. The van der Waals surface area contributed by atoms with Crippen LogP contribution in [0.25, 0.3) is 0 Å². The molecule has 1 aliphatic heterocycles. The van der Waals surface area contributed by atoms with Crippen LogP contribution in [-0.2, 0) is 0 Å². The maximum Gasteiger partial charge on any atom is 0.161 e. The highest BCUT2D eigenvalue weighted by molar-refractivity contribution is 6.00. The quantitative estimate of drug-likeness (QED) is 0.784. The van der Waals surface area contributed by atoms with Gasteiger partial charge in [-0.15, -0.1) is 0 Å². The molecule has 0 amide bonds. The van der Waals surface area contributed by atoms with Gasteiger partial charge in [-0.2, -0.15) is 0 Å². The van der Waals surface area contributed by atoms with Crippen LogP contribution in [0.3, 0.4) is 0 Å². The Bertz CT molecular complexity index is 479. The van der Waals surface area contributed by atoms with Crippen molar-refractivity contribution in [2.75, 3.05) is 37.6 Å². The first-order valence-corrected chi connectivity index (χ1v) is 6.81. The normalized spacial score (nSPS) is 16.7. The van der Waals surface area contributed by atoms with E-state index in [1.807, 2.05) is 0 Å². The van der Waals surface area contributed by atoms with Crippen LogP contribution in [0.2, 0.25) is 0 Å². The number of rotatable bonds is 3. The smallest absolute Gasteiger partial charge is 0.161 e. The number of halogens is 1. The number of likely N-dealkylation sites (N-methyl/N-ethyl adjacent to an activating group) is 1. The van der Waals surface area contributed by atoms with Gasteiger partial charge in [0.1, 0.15) is 5.82 Å². The van der Waals surface area contributed by atoms with Crippen LogP contribution in [0.4, 0.5) is 10.1 Å². The maximum atomic E-state index is 13.6. The first-order valence-electron chi connectivity index (χ1n) is 6.81. The number of hydrogen-bond acceptors (Lipinski definition) is 3. The fraction of sp³-hybridized carbons (Fsp3) is 0.533. The summed E-state index contributed by atoms with van der Waals surface area (Å²) in [6.07, 6.45) is 0. The molecule has 1 aromatic carbocycles. The van der Waals surface area contributed by atoms with E-state index in [1.54, 1.807) is 13.0 Å². The van der Waals surface area contributed by atoms with Crippen LogP contribution in [0, 0.1) is 12.7 Å². The monoisotopic (exact) mass is 264 g/mol. The zero-order chi connectivity index (χ0) is 14.0. The summed E-state index contributed by atoms with van der Waals surface area (Å²) in [4.78, 5) is 16.3. The zero-order valence-corrected chi connectivity index (χ0v) is 11.9. The lowest BCUT2D eigenvalue weighted by Crippen LogP contribution is -2.46. The minimum absolute atomic E-state index is 0.0770. The van der Waals surface area contributed by atoms with E-state index in [9.17, 15) is 9.18 Å². The molecule has 3 nitrogen and oxygen atoms in total. The molecule has 104 valence electrons. The van der Waals surface area contributed by atoms with Crippen LogP contribution in [-0.4, -0.2) is 43.4 Å². The minimum Gasteiger partial charge on any atom is -0.368 e. The summed E-state index contributed by atoms with van der Waals surface area (Å²) < 4.78 is 13.6. The molecule has 0 unspecified atom stereocenters. The summed E-state index contributed by atoms with van der Waals surface area (Å²) in [5.41, 5.74) is 1.97. The zero-order valence-electron chi connectivity index (χ0n) is 11.9. The Kier molecular flexibility index (Phi) is 4.20. The standard InChI is InChI=1S/C15H21FN2O/c1-4-17-5-7-18(8-6-17)15-9-11(2)14(16)10-13(15)12(3)19/h9-10H,4-8H2,1-3H3. The Hall–Kier alpha value is -1.42. The summed E-state index contributed by atoms with van der Waals surface area (Å²) >= 11 is 0. The molecule has 0 atom stereocenters. The van der Waals surface area contributed by atoms with E-state index < -0.39 is 0 Å². The van der Waals surface area contributed by atoms with Crippen LogP contribution in [0.5, 0.6) is 0 Å². The highest BCUT2D eigenvalue weighted by Crippen LogP contribution is 2.26. The molecule has 0 bridgehead atoms. The van der Waals surface area contributed by atoms with Crippen LogP contribution in [0.15, 0.2) is 12.1 Å². The summed E-state index contributed by atoms with van der Waals surface area (Å²) in [5, 5.41) is 0. The summed E-state index contributed by atoms with van der Waals surface area (Å²) in [6, 6.07) is 3.17. The third kappa shape index (κ3) is 2.95. The Morgan fingerprint density at radius 2 is 1.89 bits per heavy atom. The summed E-state index contributed by atoms with van der Waals surface area (Å²) in [7, 11) is 0. The number of anilines is 1. The highest BCUT2D eigenvalue weighted by Gasteiger charge is 2.20. The molecule has 1 heterocycles. The van der Waals surface area contributed by atoms with Gasteiger partial charge in [0.15, 0.2) is 5.78 Å². The van der Waals surface area contributed by atoms with E-state index in [2.05, 4.69) is 16.7 Å². The molecule has 0 aliphatic carbocycles. The second-order valence-electron chi connectivity index (χ2n) is 5.10. The van der Waals surface area contributed by atoms with Crippen molar-refractivity contribution in [1.29, 1.82) is 0 Å². The number of carbonyl (C=O) groups is 1. The van der Waals surface area contributed by atoms with Crippen molar-refractivity contribution >= 4 is 11.5 Å². The molecule has 0 aromatic heterocycles. The van der Waals surface area contributed by atoms with Crippen LogP contribution in [0.1, 0.15) is 29.8 Å². The van der Waals surface area contributed by atoms with Gasteiger partial charge in [0, 0.05) is 37.4 Å². The van der Waals surface area contributed by atoms with Crippen LogP contribution < -0.4 is 4.90 Å². The molecule has 1 saturated heterocycles. The predicted molar refractivity (Wildman–Crippen MR) is 75.5 cm³/mol. The van der Waals surface area contributed by atoms with Crippen molar-refractivity contribution in [1.82, 2.24) is 4.90 Å². The van der Waals surface area contributed by atoms with Gasteiger partial charge in [0.25, 0.3) is 0 Å². The number of nitrogens with zero attached hydrogens (tertiary/aromatic N) is 2. The topological polar surface area (TPSA) is 23.6 Å². The lowest BCUT2D eigenvalue weighted by atomic mass is 10.0. The fourth-order valence-corrected chi connectivity index (χ4v) is 2.51. The first-order chi connectivity index (χ1) is 9.02. The Morgan fingerprint density at radius 3 is 2.42 bits per heavy atom. The van der Waals surface area contributed by atoms with Crippen molar-refractivity contribution in [2.24, 2.45) is 0 Å². The molecular formula is C15H21FN2O. The van der Waals surface area contributed by atoms with Crippen molar-refractivity contribution in [3.63, 3.8) is 0 Å². The molecule has 19 heavy (non-hydrogen) atoms. The van der Waals surface area contributed by atoms with E-state index in [1.165, 1.54) is 13.0 Å². The number of aryl methyl sites for hydroxylation is 1. The van der Waals surface area contributed by atoms with Gasteiger partial charge in [-0.3, -0.25) is 4.79 Å². The van der Waals surface area contributed by atoms with Gasteiger partial charge in [-0.05, 0) is 38.1 Å². The predicted octanol–water partition coefficient (Wildman–Crippen LogP) is 2.48. The second kappa shape index (κ2) is 5.70. The molecule has 1 aliphatic rings. The van der Waals surface area contributed by atoms with E-state index in [4.69, 9.17) is 0 Å². The molecule has 0 spiro atoms. The number of hydrogen-bond donors (Lipinski definition) is 0. The number of Topliss-reactive ketones (excluding diaryl/α,β-unsaturated/α-hetero) is 1. The van der Waals surface area contributed by atoms with E-state index in [0.717, 1.165) is 38.4 Å². The van der Waals surface area contributed by atoms with E-state index in [0.29, 0.717) is 11.1 Å². The Morgan fingerprint density at radius 1 is 1.26 bits per heavy atom. The maximum absolute atomic E-state index is 13.6. The molecule has 1 aromatic rings. The average molecular weight is 264 g/mol. The molecule has 4 heteroatoms. The third-order valence-electron chi connectivity index (χ3n) is 3.82. The van der Waals surface area contributed by atoms with Crippen molar-refractivity contribution in [2.45, 2.75) is 20.8 Å². The van der Waals surface area contributed by atoms with Gasteiger partial charge in [-0.1, -0.05) is 6.92 Å². The van der Waals surface area contributed by atoms with Gasteiger partial charge in [-0.25, -0.2) is 4.39 Å². The lowest BCUT2D eigenvalue weighted by Gasteiger charge is -2.36. The van der Waals surface area contributed by atoms with E-state index >= 15 is 0 Å². The van der Waals surface area contributed by atoms with Gasteiger partial charge in [0.2, 0.25) is 0 Å². The Balaban J connectivity index is 2.29. The van der Waals surface area contributed by atoms with Crippen molar-refractivity contribution < 1.29 is 9.18 Å². The van der Waals surface area contributed by atoms with Crippen molar-refractivity contribution in [3.8, 4) is 0 Å². The minimum atomic E-state index is -0.304. The molecule has 1 fully saturated rings. The second-order valence-corrected chi connectivity index (χ2v) is 5.10. The number of ketones is 1. The summed E-state index contributed by atoms with van der Waals surface area (Å²) in [6.45, 7) is 10.2. The van der Waals surface area contributed by atoms with Gasteiger partial charge < -0.3 is 9.80 Å². The lowest BCUT2D eigenvalue weighted by molar-refractivity contribution is 0.101. The van der Waals surface area contributed by atoms with Crippen LogP contribution >= 0.6 is 0 Å². The summed E-state index contributed by atoms with van der Waals surface area (Å²) in [5.74, 6) is -0.382. The largest absolute Gasteiger partial charge is 0.368 e. The van der Waals surface area contributed by atoms with Gasteiger partial charge in [0.05, 0.1) is 0 Å². The third-order valence-corrected chi connectivity index (χ3v) is 3.82. The molecule has 0 N–H and O–H groups in total.